The summed E-state index contributed by atoms with van der Waals surface area (Å²) in [7, 11) is 0. The lowest BCUT2D eigenvalue weighted by atomic mass is 9.95. The molecule has 5 nitrogen and oxygen atoms in total. The van der Waals surface area contributed by atoms with E-state index in [1.54, 1.807) is 11.8 Å². The number of ether oxygens (including phenoxy) is 2. The first-order valence-corrected chi connectivity index (χ1v) is 7.80. The van der Waals surface area contributed by atoms with Crippen LogP contribution in [0.3, 0.4) is 0 Å². The van der Waals surface area contributed by atoms with Crippen LogP contribution >= 0.6 is 0 Å². The zero-order valence-electron chi connectivity index (χ0n) is 13.0. The van der Waals surface area contributed by atoms with Gasteiger partial charge in [-0.15, -0.1) is 0 Å². The molecule has 0 unspecified atom stereocenters. The first kappa shape index (κ1) is 16.3. The van der Waals surface area contributed by atoms with E-state index in [1.165, 1.54) is 0 Å². The molecule has 0 N–H and O–H groups in total. The van der Waals surface area contributed by atoms with Crippen LogP contribution in [-0.4, -0.2) is 36.7 Å². The molecule has 0 bridgehead atoms. The van der Waals surface area contributed by atoms with Gasteiger partial charge in [-0.05, 0) is 31.2 Å². The summed E-state index contributed by atoms with van der Waals surface area (Å²) in [5.41, 5.74) is 0.968. The normalized spacial score (nSPS) is 17.9. The van der Waals surface area contributed by atoms with Crippen LogP contribution in [0.5, 0.6) is 0 Å². The number of hydrogen-bond acceptors (Lipinski definition) is 4. The summed E-state index contributed by atoms with van der Waals surface area (Å²) in [6.07, 6.45) is 1.90. The molecular weight excluding hydrogens is 282 g/mol. The van der Waals surface area contributed by atoms with Crippen molar-refractivity contribution in [3.05, 3.63) is 35.9 Å². The third kappa shape index (κ3) is 5.06. The minimum Gasteiger partial charge on any atom is -0.466 e. The second-order valence-electron chi connectivity index (χ2n) is 5.50. The molecule has 1 heterocycles. The van der Waals surface area contributed by atoms with E-state index < -0.39 is 0 Å². The van der Waals surface area contributed by atoms with E-state index in [9.17, 15) is 9.59 Å². The fraction of sp³-hybridized carbons (Fsp3) is 0.529. The number of rotatable bonds is 5. The average molecular weight is 305 g/mol. The van der Waals surface area contributed by atoms with Crippen LogP contribution in [0.1, 0.15) is 31.7 Å². The van der Waals surface area contributed by atoms with Crippen molar-refractivity contribution in [2.24, 2.45) is 5.92 Å². The van der Waals surface area contributed by atoms with Crippen LogP contribution in [-0.2, 0) is 20.9 Å². The molecule has 1 fully saturated rings. The molecule has 1 amide bonds. The Morgan fingerprint density at radius 2 is 2.00 bits per heavy atom. The van der Waals surface area contributed by atoms with Gasteiger partial charge >= 0.3 is 12.1 Å². The Balaban J connectivity index is 1.78. The molecule has 1 atom stereocenters. The van der Waals surface area contributed by atoms with Crippen molar-refractivity contribution < 1.29 is 19.1 Å². The number of carbonyl (C=O) groups is 2. The molecule has 1 aliphatic heterocycles. The number of amides is 1. The number of nitrogens with zero attached hydrogens (tertiary/aromatic N) is 1. The van der Waals surface area contributed by atoms with Gasteiger partial charge in [0, 0.05) is 13.1 Å². The number of carbonyl (C=O) groups excluding carboxylic acids is 2. The van der Waals surface area contributed by atoms with Crippen LogP contribution in [0.25, 0.3) is 0 Å². The number of piperidine rings is 1. The third-order valence-electron chi connectivity index (χ3n) is 3.74. The van der Waals surface area contributed by atoms with Crippen LogP contribution in [0.2, 0.25) is 0 Å². The van der Waals surface area contributed by atoms with Gasteiger partial charge < -0.3 is 14.4 Å². The fourth-order valence-electron chi connectivity index (χ4n) is 2.66. The topological polar surface area (TPSA) is 55.8 Å². The number of hydrogen-bond donors (Lipinski definition) is 0. The monoisotopic (exact) mass is 305 g/mol. The maximum Gasteiger partial charge on any atom is 0.410 e. The van der Waals surface area contributed by atoms with E-state index in [0.29, 0.717) is 26.1 Å². The van der Waals surface area contributed by atoms with Gasteiger partial charge in [0.1, 0.15) is 6.61 Å². The smallest absolute Gasteiger partial charge is 0.410 e. The Labute approximate surface area is 131 Å². The van der Waals surface area contributed by atoms with Crippen molar-refractivity contribution in [1.29, 1.82) is 0 Å². The summed E-state index contributed by atoms with van der Waals surface area (Å²) in [6.45, 7) is 3.72. The van der Waals surface area contributed by atoms with Crippen molar-refractivity contribution in [2.45, 2.75) is 32.8 Å². The highest BCUT2D eigenvalue weighted by Crippen LogP contribution is 2.21. The SMILES string of the molecule is CCOC(=O)C[C@H]1CCCN(C(=O)OCc2ccccc2)C1. The molecule has 0 radical (unpaired) electrons. The van der Waals surface area contributed by atoms with Crippen molar-refractivity contribution in [3.8, 4) is 0 Å². The fourth-order valence-corrected chi connectivity index (χ4v) is 2.66. The number of esters is 1. The van der Waals surface area contributed by atoms with E-state index in [1.807, 2.05) is 30.3 Å². The lowest BCUT2D eigenvalue weighted by Crippen LogP contribution is -2.40. The zero-order chi connectivity index (χ0) is 15.8. The Hall–Kier alpha value is -2.04. The summed E-state index contributed by atoms with van der Waals surface area (Å²) in [5.74, 6) is -0.0240. The van der Waals surface area contributed by atoms with Gasteiger partial charge in [-0.1, -0.05) is 30.3 Å². The Bertz CT molecular complexity index is 489. The van der Waals surface area contributed by atoms with Crippen molar-refractivity contribution in [2.75, 3.05) is 19.7 Å². The first-order valence-electron chi connectivity index (χ1n) is 7.80. The second-order valence-corrected chi connectivity index (χ2v) is 5.50. The van der Waals surface area contributed by atoms with E-state index in [-0.39, 0.29) is 24.6 Å². The predicted molar refractivity (Wildman–Crippen MR) is 82.2 cm³/mol. The molecule has 1 saturated heterocycles. The van der Waals surface area contributed by atoms with Gasteiger partial charge in [-0.2, -0.15) is 0 Å². The van der Waals surface area contributed by atoms with Crippen molar-refractivity contribution >= 4 is 12.1 Å². The lowest BCUT2D eigenvalue weighted by molar-refractivity contribution is -0.144. The predicted octanol–water partition coefficient (Wildman–Crippen LogP) is 2.99. The van der Waals surface area contributed by atoms with Gasteiger partial charge in [0.25, 0.3) is 0 Å². The molecule has 0 spiro atoms. The quantitative estimate of drug-likeness (QED) is 0.785. The molecule has 0 aliphatic carbocycles. The molecular formula is C17H23NO4. The summed E-state index contributed by atoms with van der Waals surface area (Å²) in [4.78, 5) is 25.3. The first-order chi connectivity index (χ1) is 10.7. The molecule has 22 heavy (non-hydrogen) atoms. The third-order valence-corrected chi connectivity index (χ3v) is 3.74. The second kappa shape index (κ2) is 8.41. The molecule has 2 rings (SSSR count). The number of likely N-dealkylation sites (tertiary alicyclic amines) is 1. The van der Waals surface area contributed by atoms with E-state index in [2.05, 4.69) is 0 Å². The zero-order valence-corrected chi connectivity index (χ0v) is 13.0. The highest BCUT2D eigenvalue weighted by atomic mass is 16.6. The molecule has 0 aromatic heterocycles. The minimum atomic E-state index is -0.308. The van der Waals surface area contributed by atoms with Crippen molar-refractivity contribution in [3.63, 3.8) is 0 Å². The van der Waals surface area contributed by atoms with E-state index >= 15 is 0 Å². The molecule has 1 aromatic rings. The highest BCUT2D eigenvalue weighted by molar-refractivity contribution is 5.70. The van der Waals surface area contributed by atoms with Crippen LogP contribution < -0.4 is 0 Å². The van der Waals surface area contributed by atoms with E-state index in [4.69, 9.17) is 9.47 Å². The summed E-state index contributed by atoms with van der Waals surface area (Å²) in [5, 5.41) is 0. The van der Waals surface area contributed by atoms with Gasteiger partial charge in [-0.3, -0.25) is 4.79 Å². The van der Waals surface area contributed by atoms with Crippen molar-refractivity contribution in [1.82, 2.24) is 4.90 Å². The average Bonchev–Trinajstić information content (AvgIpc) is 2.54. The Morgan fingerprint density at radius 1 is 1.23 bits per heavy atom. The van der Waals surface area contributed by atoms with Crippen LogP contribution in [0.15, 0.2) is 30.3 Å². The van der Waals surface area contributed by atoms with Gasteiger partial charge in [0.15, 0.2) is 0 Å². The summed E-state index contributed by atoms with van der Waals surface area (Å²) < 4.78 is 10.3. The van der Waals surface area contributed by atoms with Crippen LogP contribution in [0, 0.1) is 5.92 Å². The van der Waals surface area contributed by atoms with Gasteiger partial charge in [0.05, 0.1) is 13.0 Å². The van der Waals surface area contributed by atoms with Gasteiger partial charge in [0.2, 0.25) is 0 Å². The molecule has 0 saturated carbocycles. The Morgan fingerprint density at radius 3 is 2.73 bits per heavy atom. The minimum absolute atomic E-state index is 0.164. The maximum absolute atomic E-state index is 12.1. The molecule has 5 heteroatoms. The summed E-state index contributed by atoms with van der Waals surface area (Å²) in [6, 6.07) is 9.61. The van der Waals surface area contributed by atoms with Crippen LogP contribution in [0.4, 0.5) is 4.79 Å². The lowest BCUT2D eigenvalue weighted by Gasteiger charge is -2.31. The maximum atomic E-state index is 12.1. The molecule has 1 aromatic carbocycles. The largest absolute Gasteiger partial charge is 0.466 e. The molecule has 1 aliphatic rings. The summed E-state index contributed by atoms with van der Waals surface area (Å²) >= 11 is 0. The Kier molecular flexibility index (Phi) is 6.25. The number of benzene rings is 1. The standard InChI is InChI=1S/C17H23NO4/c1-2-21-16(19)11-15-9-6-10-18(12-15)17(20)22-13-14-7-4-3-5-8-14/h3-5,7-8,15H,2,6,9-13H2,1H3/t15-/m1/s1. The van der Waals surface area contributed by atoms with E-state index in [0.717, 1.165) is 18.4 Å². The van der Waals surface area contributed by atoms with Gasteiger partial charge in [-0.25, -0.2) is 4.79 Å². The molecule has 120 valence electrons. The highest BCUT2D eigenvalue weighted by Gasteiger charge is 2.26.